The first-order valence-corrected chi connectivity index (χ1v) is 9.59. The fourth-order valence-electron chi connectivity index (χ4n) is 0.937. The number of esters is 3. The largest absolute Gasteiger partial charge is 0.469 e. The van der Waals surface area contributed by atoms with E-state index in [9.17, 15) is 14.4 Å². The molecule has 0 N–H and O–H groups in total. The summed E-state index contributed by atoms with van der Waals surface area (Å²) in [6.45, 7) is 2.21. The van der Waals surface area contributed by atoms with Gasteiger partial charge in [0.25, 0.3) is 0 Å². The zero-order valence-electron chi connectivity index (χ0n) is 14.4. The highest BCUT2D eigenvalue weighted by Crippen LogP contribution is 1.94. The van der Waals surface area contributed by atoms with Crippen LogP contribution in [0.5, 0.6) is 0 Å². The fourth-order valence-corrected chi connectivity index (χ4v) is 1.51. The molecular formula is C15H27BrCl2O6. The fraction of sp³-hybridized carbons (Fsp3) is 0.800. The third kappa shape index (κ3) is 29.5. The van der Waals surface area contributed by atoms with Gasteiger partial charge in [0.15, 0.2) is 0 Å². The lowest BCUT2D eigenvalue weighted by Gasteiger charge is -1.95. The van der Waals surface area contributed by atoms with E-state index >= 15 is 0 Å². The van der Waals surface area contributed by atoms with Crippen molar-refractivity contribution < 1.29 is 28.6 Å². The van der Waals surface area contributed by atoms with Crippen molar-refractivity contribution in [2.45, 2.75) is 39.0 Å². The van der Waals surface area contributed by atoms with Gasteiger partial charge >= 0.3 is 17.9 Å². The van der Waals surface area contributed by atoms with Crippen LogP contribution >= 0.6 is 39.1 Å². The van der Waals surface area contributed by atoms with Crippen molar-refractivity contribution >= 4 is 57.0 Å². The molecule has 0 aromatic carbocycles. The molecule has 0 fully saturated rings. The Morgan fingerprint density at radius 2 is 1.33 bits per heavy atom. The van der Waals surface area contributed by atoms with Crippen LogP contribution in [0.25, 0.3) is 0 Å². The third-order valence-electron chi connectivity index (χ3n) is 2.09. The minimum atomic E-state index is -0.220. The van der Waals surface area contributed by atoms with E-state index in [1.54, 1.807) is 6.92 Å². The molecule has 0 spiro atoms. The lowest BCUT2D eigenvalue weighted by Crippen LogP contribution is -2.03. The highest BCUT2D eigenvalue weighted by Gasteiger charge is 1.97. The molecule has 0 aliphatic heterocycles. The van der Waals surface area contributed by atoms with Gasteiger partial charge in [0.2, 0.25) is 0 Å². The van der Waals surface area contributed by atoms with Gasteiger partial charge in [-0.05, 0) is 19.8 Å². The van der Waals surface area contributed by atoms with E-state index in [4.69, 9.17) is 23.2 Å². The van der Waals surface area contributed by atoms with E-state index in [1.165, 1.54) is 14.2 Å². The van der Waals surface area contributed by atoms with Crippen LogP contribution in [0.3, 0.4) is 0 Å². The Hall–Kier alpha value is -0.530. The second-order valence-electron chi connectivity index (χ2n) is 3.98. The third-order valence-corrected chi connectivity index (χ3v) is 3.11. The number of carbonyl (C=O) groups excluding carboxylic acids is 3. The Labute approximate surface area is 162 Å². The molecule has 0 aliphatic rings. The zero-order valence-corrected chi connectivity index (χ0v) is 17.5. The molecule has 0 aliphatic carbocycles. The summed E-state index contributed by atoms with van der Waals surface area (Å²) in [4.78, 5) is 31.0. The molecule has 0 rings (SSSR count). The summed E-state index contributed by atoms with van der Waals surface area (Å²) < 4.78 is 13.3. The van der Waals surface area contributed by atoms with Gasteiger partial charge in [-0.25, -0.2) is 0 Å². The molecule has 0 bridgehead atoms. The van der Waals surface area contributed by atoms with E-state index in [1.807, 2.05) is 0 Å². The summed E-state index contributed by atoms with van der Waals surface area (Å²) in [6, 6.07) is 0. The lowest BCUT2D eigenvalue weighted by molar-refractivity contribution is -0.143. The van der Waals surface area contributed by atoms with Crippen LogP contribution in [0.4, 0.5) is 0 Å². The molecule has 0 unspecified atom stereocenters. The second-order valence-corrected chi connectivity index (χ2v) is 5.53. The van der Waals surface area contributed by atoms with Gasteiger partial charge in [-0.2, -0.15) is 0 Å². The van der Waals surface area contributed by atoms with Gasteiger partial charge in [-0.3, -0.25) is 14.4 Å². The van der Waals surface area contributed by atoms with Crippen LogP contribution < -0.4 is 0 Å². The van der Waals surface area contributed by atoms with Gasteiger partial charge < -0.3 is 14.2 Å². The van der Waals surface area contributed by atoms with Crippen molar-refractivity contribution in [1.29, 1.82) is 0 Å². The number of halogens is 3. The first-order valence-electron chi connectivity index (χ1n) is 7.40. The van der Waals surface area contributed by atoms with Crippen molar-refractivity contribution in [2.24, 2.45) is 0 Å². The monoisotopic (exact) mass is 452 g/mol. The minimum absolute atomic E-state index is 0.135. The highest BCUT2D eigenvalue weighted by atomic mass is 79.9. The van der Waals surface area contributed by atoms with Gasteiger partial charge in [-0.15, -0.1) is 23.2 Å². The summed E-state index contributed by atoms with van der Waals surface area (Å²) in [5.41, 5.74) is 0. The predicted octanol–water partition coefficient (Wildman–Crippen LogP) is 3.69. The maximum absolute atomic E-state index is 10.3. The van der Waals surface area contributed by atoms with Crippen LogP contribution in [0.15, 0.2) is 0 Å². The van der Waals surface area contributed by atoms with E-state index < -0.39 is 0 Å². The van der Waals surface area contributed by atoms with Crippen molar-refractivity contribution in [3.05, 3.63) is 0 Å². The Morgan fingerprint density at radius 3 is 1.67 bits per heavy atom. The number of rotatable bonds is 9. The average molecular weight is 454 g/mol. The molecule has 0 atom stereocenters. The Kier molecular flexibility index (Phi) is 29.1. The maximum atomic E-state index is 10.3. The molecule has 0 amide bonds. The SMILES string of the molecule is CCOC(=O)CCCl.COC(=O)CCCBr.COC(=O)CCCCl. The van der Waals surface area contributed by atoms with Gasteiger partial charge in [0.05, 0.1) is 27.2 Å². The average Bonchev–Trinajstić information content (AvgIpc) is 2.59. The van der Waals surface area contributed by atoms with Crippen LogP contribution in [-0.4, -0.2) is 55.8 Å². The van der Waals surface area contributed by atoms with Crippen molar-refractivity contribution in [3.8, 4) is 0 Å². The normalized spacial score (nSPS) is 8.75. The van der Waals surface area contributed by atoms with E-state index in [2.05, 4.69) is 30.1 Å². The number of hydrogen-bond donors (Lipinski definition) is 0. The standard InChI is InChI=1S/C5H9BrO2.2C5H9ClO2/c2*1-8-5(7)3-2-4-6;1-2-8-5(7)3-4-6/h3*2-4H2,1H3. The van der Waals surface area contributed by atoms with Crippen LogP contribution in [0.2, 0.25) is 0 Å². The number of alkyl halides is 3. The minimum Gasteiger partial charge on any atom is -0.469 e. The predicted molar refractivity (Wildman–Crippen MR) is 99.0 cm³/mol. The van der Waals surface area contributed by atoms with Crippen LogP contribution in [0, 0.1) is 0 Å². The molecule has 144 valence electrons. The van der Waals surface area contributed by atoms with Gasteiger partial charge in [-0.1, -0.05) is 15.9 Å². The van der Waals surface area contributed by atoms with Crippen LogP contribution in [0.1, 0.15) is 39.0 Å². The number of hydrogen-bond acceptors (Lipinski definition) is 6. The lowest BCUT2D eigenvalue weighted by atomic mass is 10.3. The zero-order chi connectivity index (χ0) is 19.2. The van der Waals surface area contributed by atoms with E-state index in [-0.39, 0.29) is 17.9 Å². The topological polar surface area (TPSA) is 78.9 Å². The van der Waals surface area contributed by atoms with Gasteiger partial charge in [0.1, 0.15) is 0 Å². The quantitative estimate of drug-likeness (QED) is 0.301. The Bertz CT molecular complexity index is 288. The number of methoxy groups -OCH3 is 2. The molecule has 0 heterocycles. The highest BCUT2D eigenvalue weighted by molar-refractivity contribution is 9.09. The van der Waals surface area contributed by atoms with Crippen molar-refractivity contribution in [1.82, 2.24) is 0 Å². The van der Waals surface area contributed by atoms with Gasteiger partial charge in [0, 0.05) is 29.9 Å². The molecule has 0 saturated heterocycles. The molecular weight excluding hydrogens is 427 g/mol. The molecule has 24 heavy (non-hydrogen) atoms. The Morgan fingerprint density at radius 1 is 0.833 bits per heavy atom. The van der Waals surface area contributed by atoms with E-state index in [0.29, 0.717) is 44.1 Å². The smallest absolute Gasteiger partial charge is 0.306 e. The first kappa shape index (κ1) is 28.3. The van der Waals surface area contributed by atoms with Crippen molar-refractivity contribution in [2.75, 3.05) is 37.9 Å². The van der Waals surface area contributed by atoms with Crippen LogP contribution in [-0.2, 0) is 28.6 Å². The first-order chi connectivity index (χ1) is 11.4. The summed E-state index contributed by atoms with van der Waals surface area (Å²) in [5, 5.41) is 0.863. The Balaban J connectivity index is -0.000000276. The molecule has 9 heteroatoms. The molecule has 0 saturated carbocycles. The summed E-state index contributed by atoms with van der Waals surface area (Å²) >= 11 is 13.7. The summed E-state index contributed by atoms with van der Waals surface area (Å²) in [5.74, 6) is 0.325. The maximum Gasteiger partial charge on any atom is 0.306 e. The molecule has 0 aromatic heterocycles. The van der Waals surface area contributed by atoms with Crippen molar-refractivity contribution in [3.63, 3.8) is 0 Å². The number of ether oxygens (including phenoxy) is 3. The molecule has 0 aromatic rings. The number of carbonyl (C=O) groups is 3. The summed E-state index contributed by atoms with van der Waals surface area (Å²) in [7, 11) is 2.77. The van der Waals surface area contributed by atoms with E-state index in [0.717, 1.165) is 11.8 Å². The second kappa shape index (κ2) is 24.7. The molecule has 0 radical (unpaired) electrons. The molecule has 6 nitrogen and oxygen atoms in total. The summed E-state index contributed by atoms with van der Waals surface area (Å²) in [6.07, 6.45) is 2.82.